The van der Waals surface area contributed by atoms with E-state index in [1.807, 2.05) is 17.0 Å². The molecule has 1 aromatic heterocycles. The van der Waals surface area contributed by atoms with Crippen molar-refractivity contribution in [2.75, 3.05) is 11.9 Å². The molecule has 0 radical (unpaired) electrons. The van der Waals surface area contributed by atoms with Crippen LogP contribution in [0.15, 0.2) is 55.1 Å². The topological polar surface area (TPSA) is 149 Å². The molecular formula is C21H21N7O4. The second kappa shape index (κ2) is 8.94. The molecule has 1 aliphatic rings. The highest BCUT2D eigenvalue weighted by Crippen LogP contribution is 2.26. The Kier molecular flexibility index (Phi) is 5.90. The van der Waals surface area contributed by atoms with Crippen LogP contribution in [0.2, 0.25) is 0 Å². The maximum absolute atomic E-state index is 12.9. The Bertz CT molecular complexity index is 1160. The van der Waals surface area contributed by atoms with E-state index in [2.05, 4.69) is 15.4 Å². The van der Waals surface area contributed by atoms with E-state index in [0.29, 0.717) is 18.7 Å². The molecule has 0 aliphatic carbocycles. The molecule has 0 spiro atoms. The minimum Gasteiger partial charge on any atom is -0.368 e. The van der Waals surface area contributed by atoms with Crippen LogP contribution >= 0.6 is 0 Å². The molecule has 11 nitrogen and oxygen atoms in total. The van der Waals surface area contributed by atoms with Gasteiger partial charge in [-0.15, -0.1) is 0 Å². The Hall–Kier alpha value is -4.12. The first-order valence-electron chi connectivity index (χ1n) is 10.00. The Morgan fingerprint density at radius 3 is 2.78 bits per heavy atom. The lowest BCUT2D eigenvalue weighted by molar-refractivity contribution is -0.384. The number of para-hydroxylation sites is 1. The summed E-state index contributed by atoms with van der Waals surface area (Å²) in [6.45, 7) is 1.20. The molecule has 0 saturated carbocycles. The van der Waals surface area contributed by atoms with Gasteiger partial charge in [-0.3, -0.25) is 24.6 Å². The first kappa shape index (κ1) is 21.1. The fourth-order valence-corrected chi connectivity index (χ4v) is 3.87. The largest absolute Gasteiger partial charge is 0.368 e. The molecule has 1 fully saturated rings. The van der Waals surface area contributed by atoms with Gasteiger partial charge in [-0.05, 0) is 43.1 Å². The maximum Gasteiger partial charge on any atom is 0.295 e. The second-order valence-electron chi connectivity index (χ2n) is 7.44. The molecule has 164 valence electrons. The first-order chi connectivity index (χ1) is 15.4. The van der Waals surface area contributed by atoms with Crippen LogP contribution in [0.3, 0.4) is 0 Å². The van der Waals surface area contributed by atoms with E-state index in [-0.39, 0.29) is 28.9 Å². The van der Waals surface area contributed by atoms with Gasteiger partial charge in [0.1, 0.15) is 18.3 Å². The van der Waals surface area contributed by atoms with Crippen molar-refractivity contribution in [3.05, 3.63) is 76.4 Å². The molecule has 4 rings (SSSR count). The quantitative estimate of drug-likeness (QED) is 0.425. The zero-order valence-electron chi connectivity index (χ0n) is 17.0. The van der Waals surface area contributed by atoms with E-state index in [1.165, 1.54) is 35.5 Å². The Balaban J connectivity index is 1.57. The van der Waals surface area contributed by atoms with Gasteiger partial charge in [0, 0.05) is 23.9 Å². The van der Waals surface area contributed by atoms with Crippen LogP contribution in [0, 0.1) is 10.1 Å². The van der Waals surface area contributed by atoms with E-state index in [9.17, 15) is 19.7 Å². The lowest BCUT2D eigenvalue weighted by Crippen LogP contribution is -2.39. The van der Waals surface area contributed by atoms with Gasteiger partial charge in [0.25, 0.3) is 11.6 Å². The summed E-state index contributed by atoms with van der Waals surface area (Å²) < 4.78 is 1.26. The highest BCUT2D eigenvalue weighted by Gasteiger charge is 2.29. The summed E-state index contributed by atoms with van der Waals surface area (Å²) in [5.74, 6) is -0.845. The van der Waals surface area contributed by atoms with Crippen molar-refractivity contribution in [1.29, 1.82) is 0 Å². The summed E-state index contributed by atoms with van der Waals surface area (Å²) in [4.78, 5) is 41.4. The fourth-order valence-electron chi connectivity index (χ4n) is 3.87. The van der Waals surface area contributed by atoms with Gasteiger partial charge in [-0.25, -0.2) is 9.67 Å². The average molecular weight is 435 g/mol. The van der Waals surface area contributed by atoms with Crippen molar-refractivity contribution < 1.29 is 14.5 Å². The fraction of sp³-hybridized carbons (Fsp3) is 0.238. The van der Waals surface area contributed by atoms with Gasteiger partial charge < -0.3 is 11.1 Å². The maximum atomic E-state index is 12.9. The lowest BCUT2D eigenvalue weighted by atomic mass is 10.1. The number of nitro groups is 1. The van der Waals surface area contributed by atoms with Crippen LogP contribution in [0.4, 0.5) is 11.4 Å². The number of likely N-dealkylation sites (tertiary alicyclic amines) is 1. The molecule has 2 heterocycles. The molecule has 32 heavy (non-hydrogen) atoms. The SMILES string of the molecule is NC(=O)C1CCCN1Cc1ccccc1NC(=O)c1ccc(-n2cncn2)c([N+](=O)[O-])c1. The first-order valence-corrected chi connectivity index (χ1v) is 10.00. The molecule has 3 N–H and O–H groups in total. The van der Waals surface area contributed by atoms with Gasteiger partial charge in [0.2, 0.25) is 5.91 Å². The monoisotopic (exact) mass is 435 g/mol. The molecule has 1 unspecified atom stereocenters. The van der Waals surface area contributed by atoms with E-state index in [1.54, 1.807) is 12.1 Å². The highest BCUT2D eigenvalue weighted by atomic mass is 16.6. The van der Waals surface area contributed by atoms with Crippen molar-refractivity contribution in [1.82, 2.24) is 19.7 Å². The molecule has 2 amide bonds. The average Bonchev–Trinajstić information content (AvgIpc) is 3.47. The number of nitrogens with zero attached hydrogens (tertiary/aromatic N) is 5. The summed E-state index contributed by atoms with van der Waals surface area (Å²) in [7, 11) is 0. The third-order valence-corrected chi connectivity index (χ3v) is 5.43. The number of hydrogen-bond acceptors (Lipinski definition) is 7. The van der Waals surface area contributed by atoms with Gasteiger partial charge in [0.15, 0.2) is 0 Å². The predicted octanol–water partition coefficient (Wildman–Crippen LogP) is 1.88. The van der Waals surface area contributed by atoms with Crippen molar-refractivity contribution in [2.45, 2.75) is 25.4 Å². The zero-order chi connectivity index (χ0) is 22.7. The van der Waals surface area contributed by atoms with Crippen LogP contribution in [0.5, 0.6) is 0 Å². The third-order valence-electron chi connectivity index (χ3n) is 5.43. The third kappa shape index (κ3) is 4.32. The Labute approximate surface area is 183 Å². The number of hydrogen-bond donors (Lipinski definition) is 2. The molecule has 1 aliphatic heterocycles. The van der Waals surface area contributed by atoms with Gasteiger partial charge in [0.05, 0.1) is 11.0 Å². The van der Waals surface area contributed by atoms with E-state index in [0.717, 1.165) is 18.5 Å². The number of carbonyl (C=O) groups excluding carboxylic acids is 2. The molecule has 2 aromatic carbocycles. The zero-order valence-corrected chi connectivity index (χ0v) is 17.0. The molecule has 3 aromatic rings. The standard InChI is InChI=1S/C21H21N7O4/c22-20(29)18-6-3-9-26(18)11-15-4-1-2-5-16(15)25-21(30)14-7-8-17(19(10-14)28(31)32)27-13-23-12-24-27/h1-2,4-5,7-8,10,12-13,18H,3,6,9,11H2,(H2,22,29)(H,25,30). The van der Waals surface area contributed by atoms with Gasteiger partial charge in [-0.2, -0.15) is 5.10 Å². The number of aromatic nitrogens is 3. The summed E-state index contributed by atoms with van der Waals surface area (Å²) >= 11 is 0. The minimum absolute atomic E-state index is 0.131. The minimum atomic E-state index is -0.570. The molecule has 1 saturated heterocycles. The number of anilines is 1. The van der Waals surface area contributed by atoms with Crippen molar-refractivity contribution >= 4 is 23.2 Å². The van der Waals surface area contributed by atoms with Crippen LogP contribution in [-0.4, -0.2) is 49.0 Å². The van der Waals surface area contributed by atoms with Crippen LogP contribution in [0.25, 0.3) is 5.69 Å². The number of nitro benzene ring substituents is 1. The summed E-state index contributed by atoms with van der Waals surface area (Å²) in [5.41, 5.74) is 6.96. The number of primary amides is 1. The number of nitrogens with two attached hydrogens (primary N) is 1. The smallest absolute Gasteiger partial charge is 0.295 e. The molecular weight excluding hydrogens is 414 g/mol. The van der Waals surface area contributed by atoms with Crippen molar-refractivity contribution in [3.63, 3.8) is 0 Å². The van der Waals surface area contributed by atoms with E-state index < -0.39 is 10.8 Å². The second-order valence-corrected chi connectivity index (χ2v) is 7.44. The summed E-state index contributed by atoms with van der Waals surface area (Å²) in [5, 5.41) is 18.3. The van der Waals surface area contributed by atoms with Crippen LogP contribution < -0.4 is 11.1 Å². The predicted molar refractivity (Wildman–Crippen MR) is 115 cm³/mol. The number of amides is 2. The van der Waals surface area contributed by atoms with Crippen LogP contribution in [0.1, 0.15) is 28.8 Å². The molecule has 1 atom stereocenters. The molecule has 0 bridgehead atoms. The normalized spacial score (nSPS) is 16.1. The Morgan fingerprint density at radius 1 is 1.25 bits per heavy atom. The number of rotatable bonds is 7. The summed E-state index contributed by atoms with van der Waals surface area (Å²) in [6, 6.07) is 11.1. The summed E-state index contributed by atoms with van der Waals surface area (Å²) in [6.07, 6.45) is 4.20. The number of nitrogens with one attached hydrogen (secondary N) is 1. The van der Waals surface area contributed by atoms with Gasteiger partial charge in [-0.1, -0.05) is 18.2 Å². The number of carbonyl (C=O) groups is 2. The Morgan fingerprint density at radius 2 is 2.06 bits per heavy atom. The van der Waals surface area contributed by atoms with Crippen LogP contribution in [-0.2, 0) is 11.3 Å². The highest BCUT2D eigenvalue weighted by molar-refractivity contribution is 6.05. The van der Waals surface area contributed by atoms with E-state index >= 15 is 0 Å². The number of benzene rings is 2. The van der Waals surface area contributed by atoms with Gasteiger partial charge >= 0.3 is 0 Å². The van der Waals surface area contributed by atoms with Crippen molar-refractivity contribution in [2.24, 2.45) is 5.73 Å². The van der Waals surface area contributed by atoms with E-state index in [4.69, 9.17) is 5.73 Å². The molecule has 11 heteroatoms. The lowest BCUT2D eigenvalue weighted by Gasteiger charge is -2.23. The van der Waals surface area contributed by atoms with Crippen molar-refractivity contribution in [3.8, 4) is 5.69 Å².